The molecule has 162 valence electrons. The lowest BCUT2D eigenvalue weighted by atomic mass is 9.63. The van der Waals surface area contributed by atoms with E-state index >= 15 is 0 Å². The summed E-state index contributed by atoms with van der Waals surface area (Å²) in [5, 5.41) is 4.12. The van der Waals surface area contributed by atoms with Crippen LogP contribution in [0.3, 0.4) is 0 Å². The number of piperidine rings is 1. The van der Waals surface area contributed by atoms with Crippen molar-refractivity contribution in [2.45, 2.75) is 111 Å². The van der Waals surface area contributed by atoms with Gasteiger partial charge in [0.25, 0.3) is 0 Å². The van der Waals surface area contributed by atoms with Crippen LogP contribution in [0.5, 0.6) is 0 Å². The highest BCUT2D eigenvalue weighted by atomic mass is 15.0. The molecule has 4 atom stereocenters. The fourth-order valence-corrected chi connectivity index (χ4v) is 6.91. The molecule has 3 aliphatic rings. The SMILES string of the molecule is CC(C)(C)c1ccc2c(c1)C1CC(C(C)(C)C)CNC1C2C(C)(C)C1CCCC1. The molecular formula is C28H45N. The smallest absolute Gasteiger partial charge is 0.0210 e. The Labute approximate surface area is 180 Å². The molecule has 0 aromatic heterocycles. The standard InChI is InChI=1S/C28H45N/c1-26(2,3)19-13-14-21-22(15-19)23-16-20(27(4,5)6)17-29-25(23)24(21)28(7,8)18-11-9-10-12-18/h13-15,18,20,23-25,29H,9-12,16-17H2,1-8H3. The van der Waals surface area contributed by atoms with Gasteiger partial charge in [-0.1, -0.05) is 86.4 Å². The van der Waals surface area contributed by atoms with E-state index in [1.165, 1.54) is 44.2 Å². The van der Waals surface area contributed by atoms with Gasteiger partial charge in [-0.25, -0.2) is 0 Å². The predicted octanol–water partition coefficient (Wildman–Crippen LogP) is 7.41. The van der Waals surface area contributed by atoms with Gasteiger partial charge in [-0.15, -0.1) is 0 Å². The summed E-state index contributed by atoms with van der Waals surface area (Å²) in [6.07, 6.45) is 7.08. The third kappa shape index (κ3) is 3.71. The molecule has 1 nitrogen and oxygen atoms in total. The summed E-state index contributed by atoms with van der Waals surface area (Å²) in [5.74, 6) is 2.96. The minimum Gasteiger partial charge on any atom is -0.312 e. The van der Waals surface area contributed by atoms with Crippen molar-refractivity contribution in [3.8, 4) is 0 Å². The van der Waals surface area contributed by atoms with Crippen molar-refractivity contribution in [3.63, 3.8) is 0 Å². The van der Waals surface area contributed by atoms with E-state index in [1.54, 1.807) is 11.1 Å². The Bertz CT molecular complexity index is 739. The average molecular weight is 396 g/mol. The molecule has 0 radical (unpaired) electrons. The van der Waals surface area contributed by atoms with E-state index in [4.69, 9.17) is 0 Å². The summed E-state index contributed by atoms with van der Waals surface area (Å²) >= 11 is 0. The summed E-state index contributed by atoms with van der Waals surface area (Å²) in [6.45, 7) is 20.7. The third-order valence-corrected chi connectivity index (χ3v) is 9.05. The Kier molecular flexibility index (Phi) is 5.25. The van der Waals surface area contributed by atoms with E-state index in [-0.39, 0.29) is 5.41 Å². The predicted molar refractivity (Wildman–Crippen MR) is 126 cm³/mol. The molecule has 4 unspecified atom stereocenters. The molecule has 1 heterocycles. The van der Waals surface area contributed by atoms with E-state index < -0.39 is 0 Å². The fraction of sp³-hybridized carbons (Fsp3) is 0.786. The molecule has 1 aromatic rings. The maximum atomic E-state index is 4.12. The van der Waals surface area contributed by atoms with Gasteiger partial charge in [0.2, 0.25) is 0 Å². The van der Waals surface area contributed by atoms with Gasteiger partial charge in [-0.2, -0.15) is 0 Å². The number of nitrogens with one attached hydrogen (secondary N) is 1. The monoisotopic (exact) mass is 395 g/mol. The van der Waals surface area contributed by atoms with Crippen molar-refractivity contribution in [1.82, 2.24) is 5.32 Å². The van der Waals surface area contributed by atoms with Gasteiger partial charge in [0.1, 0.15) is 0 Å². The lowest BCUT2D eigenvalue weighted by Crippen LogP contribution is -2.50. The lowest BCUT2D eigenvalue weighted by Gasteiger charge is -2.46. The Morgan fingerprint density at radius 2 is 1.48 bits per heavy atom. The second-order valence-corrected chi connectivity index (χ2v) is 13.2. The Balaban J connectivity index is 1.77. The molecule has 0 bridgehead atoms. The zero-order chi connectivity index (χ0) is 21.2. The summed E-state index contributed by atoms with van der Waals surface area (Å²) in [6, 6.07) is 8.19. The van der Waals surface area contributed by atoms with Crippen LogP contribution in [-0.4, -0.2) is 12.6 Å². The van der Waals surface area contributed by atoms with E-state index in [9.17, 15) is 0 Å². The van der Waals surface area contributed by atoms with Crippen LogP contribution in [0.15, 0.2) is 18.2 Å². The number of hydrogen-bond donors (Lipinski definition) is 1. The highest BCUT2D eigenvalue weighted by Gasteiger charge is 2.53. The molecule has 2 fully saturated rings. The summed E-state index contributed by atoms with van der Waals surface area (Å²) in [5.41, 5.74) is 5.82. The van der Waals surface area contributed by atoms with Gasteiger partial charge in [0.15, 0.2) is 0 Å². The van der Waals surface area contributed by atoms with Crippen LogP contribution >= 0.6 is 0 Å². The van der Waals surface area contributed by atoms with Gasteiger partial charge in [0, 0.05) is 17.9 Å². The normalized spacial score (nSPS) is 31.0. The van der Waals surface area contributed by atoms with Crippen LogP contribution in [-0.2, 0) is 5.41 Å². The zero-order valence-corrected chi connectivity index (χ0v) is 20.4. The Morgan fingerprint density at radius 1 is 0.828 bits per heavy atom. The average Bonchev–Trinajstić information content (AvgIpc) is 3.26. The van der Waals surface area contributed by atoms with Crippen LogP contribution in [0.1, 0.15) is 116 Å². The molecular weight excluding hydrogens is 350 g/mol. The van der Waals surface area contributed by atoms with Gasteiger partial charge in [0.05, 0.1) is 0 Å². The van der Waals surface area contributed by atoms with Gasteiger partial charge in [-0.05, 0) is 70.6 Å². The van der Waals surface area contributed by atoms with Crippen molar-refractivity contribution in [1.29, 1.82) is 0 Å². The summed E-state index contributed by atoms with van der Waals surface area (Å²) < 4.78 is 0. The first kappa shape index (κ1) is 21.4. The minimum absolute atomic E-state index is 0.217. The third-order valence-electron chi connectivity index (χ3n) is 9.05. The van der Waals surface area contributed by atoms with Crippen molar-refractivity contribution in [2.24, 2.45) is 22.7 Å². The molecule has 1 saturated heterocycles. The van der Waals surface area contributed by atoms with Gasteiger partial charge in [-0.3, -0.25) is 0 Å². The Hall–Kier alpha value is -0.820. The summed E-state index contributed by atoms with van der Waals surface area (Å²) in [7, 11) is 0. The molecule has 1 aliphatic heterocycles. The maximum absolute atomic E-state index is 4.12. The van der Waals surface area contributed by atoms with Crippen LogP contribution < -0.4 is 5.32 Å². The first-order chi connectivity index (χ1) is 13.4. The number of hydrogen-bond acceptors (Lipinski definition) is 1. The molecule has 4 rings (SSSR count). The first-order valence-corrected chi connectivity index (χ1v) is 12.3. The van der Waals surface area contributed by atoms with Crippen molar-refractivity contribution in [3.05, 3.63) is 34.9 Å². The Morgan fingerprint density at radius 3 is 2.07 bits per heavy atom. The molecule has 1 N–H and O–H groups in total. The topological polar surface area (TPSA) is 12.0 Å². The summed E-state index contributed by atoms with van der Waals surface area (Å²) in [4.78, 5) is 0. The first-order valence-electron chi connectivity index (χ1n) is 12.3. The number of rotatable bonds is 2. The molecule has 0 amide bonds. The molecule has 0 spiro atoms. The van der Waals surface area contributed by atoms with Gasteiger partial charge >= 0.3 is 0 Å². The molecule has 29 heavy (non-hydrogen) atoms. The second-order valence-electron chi connectivity index (χ2n) is 13.2. The van der Waals surface area contributed by atoms with E-state index in [1.807, 2.05) is 0 Å². The van der Waals surface area contributed by atoms with Crippen LogP contribution in [0.2, 0.25) is 0 Å². The molecule has 2 aliphatic carbocycles. The molecule has 1 heteroatoms. The fourth-order valence-electron chi connectivity index (χ4n) is 6.91. The lowest BCUT2D eigenvalue weighted by molar-refractivity contribution is 0.0983. The molecule has 1 saturated carbocycles. The van der Waals surface area contributed by atoms with E-state index in [0.717, 1.165) is 11.8 Å². The van der Waals surface area contributed by atoms with Crippen molar-refractivity contribution >= 4 is 0 Å². The number of fused-ring (bicyclic) bond motifs is 3. The van der Waals surface area contributed by atoms with Crippen LogP contribution in [0.25, 0.3) is 0 Å². The van der Waals surface area contributed by atoms with E-state index in [2.05, 4.69) is 78.9 Å². The largest absolute Gasteiger partial charge is 0.312 e. The molecule has 1 aromatic carbocycles. The highest BCUT2D eigenvalue weighted by Crippen LogP contribution is 2.59. The quantitative estimate of drug-likeness (QED) is 0.550. The van der Waals surface area contributed by atoms with Gasteiger partial charge < -0.3 is 5.32 Å². The zero-order valence-electron chi connectivity index (χ0n) is 20.4. The second kappa shape index (κ2) is 7.11. The maximum Gasteiger partial charge on any atom is 0.0210 e. The van der Waals surface area contributed by atoms with Crippen molar-refractivity contribution in [2.75, 3.05) is 6.54 Å². The van der Waals surface area contributed by atoms with Crippen molar-refractivity contribution < 1.29 is 0 Å². The number of benzene rings is 1. The van der Waals surface area contributed by atoms with Crippen LogP contribution in [0.4, 0.5) is 0 Å². The highest BCUT2D eigenvalue weighted by molar-refractivity contribution is 5.47. The minimum atomic E-state index is 0.217. The van der Waals surface area contributed by atoms with E-state index in [0.29, 0.717) is 28.7 Å². The van der Waals surface area contributed by atoms with Crippen LogP contribution in [0, 0.1) is 22.7 Å².